The smallest absolute Gasteiger partial charge is 0.229 e. The van der Waals surface area contributed by atoms with Crippen molar-refractivity contribution in [2.75, 3.05) is 29.6 Å². The van der Waals surface area contributed by atoms with E-state index in [0.29, 0.717) is 12.5 Å². The van der Waals surface area contributed by atoms with E-state index in [4.69, 9.17) is 0 Å². The first-order chi connectivity index (χ1) is 12.1. The van der Waals surface area contributed by atoms with Gasteiger partial charge >= 0.3 is 0 Å². The zero-order valence-electron chi connectivity index (χ0n) is 14.7. The fourth-order valence-corrected chi connectivity index (χ4v) is 2.40. The van der Waals surface area contributed by atoms with E-state index in [1.165, 1.54) is 0 Å². The summed E-state index contributed by atoms with van der Waals surface area (Å²) in [5.41, 5.74) is 4.07. The van der Waals surface area contributed by atoms with Crippen LogP contribution in [0.25, 0.3) is 0 Å². The van der Waals surface area contributed by atoms with Gasteiger partial charge in [-0.05, 0) is 36.8 Å². The van der Waals surface area contributed by atoms with Crippen molar-refractivity contribution in [1.82, 2.24) is 15.0 Å². The van der Waals surface area contributed by atoms with Crippen LogP contribution in [0.5, 0.6) is 0 Å². The lowest BCUT2D eigenvalue weighted by atomic mass is 10.2. The van der Waals surface area contributed by atoms with E-state index in [9.17, 15) is 0 Å². The third kappa shape index (κ3) is 4.67. The van der Waals surface area contributed by atoms with Crippen molar-refractivity contribution in [2.45, 2.75) is 13.5 Å². The molecule has 3 aromatic rings. The highest BCUT2D eigenvalue weighted by Crippen LogP contribution is 2.21. The van der Waals surface area contributed by atoms with Crippen molar-refractivity contribution in [3.63, 3.8) is 0 Å². The Bertz CT molecular complexity index is 832. The Morgan fingerprint density at radius 1 is 1.04 bits per heavy atom. The maximum absolute atomic E-state index is 4.55. The fraction of sp³-hybridized carbons (Fsp3) is 0.211. The molecule has 0 radical (unpaired) electrons. The third-order valence-electron chi connectivity index (χ3n) is 3.67. The molecule has 2 aromatic heterocycles. The molecule has 0 atom stereocenters. The minimum Gasteiger partial charge on any atom is -0.378 e. The van der Waals surface area contributed by atoms with Crippen LogP contribution < -0.4 is 15.5 Å². The second-order valence-electron chi connectivity index (χ2n) is 6.00. The highest BCUT2D eigenvalue weighted by molar-refractivity contribution is 5.62. The van der Waals surface area contributed by atoms with Gasteiger partial charge < -0.3 is 15.5 Å². The van der Waals surface area contributed by atoms with Crippen molar-refractivity contribution < 1.29 is 0 Å². The molecule has 2 N–H and O–H groups in total. The number of nitrogens with zero attached hydrogens (tertiary/aromatic N) is 4. The van der Waals surface area contributed by atoms with Crippen LogP contribution in [0.2, 0.25) is 0 Å². The molecule has 0 aliphatic rings. The minimum absolute atomic E-state index is 0.574. The average molecular weight is 334 g/mol. The molecular weight excluding hydrogens is 312 g/mol. The average Bonchev–Trinajstić information content (AvgIpc) is 2.60. The Hall–Kier alpha value is -3.15. The molecule has 0 bridgehead atoms. The zero-order chi connectivity index (χ0) is 17.6. The Kier molecular flexibility index (Phi) is 5.09. The molecule has 2 heterocycles. The predicted molar refractivity (Wildman–Crippen MR) is 102 cm³/mol. The maximum atomic E-state index is 4.55. The van der Waals surface area contributed by atoms with Crippen molar-refractivity contribution >= 4 is 23.1 Å². The van der Waals surface area contributed by atoms with Crippen LogP contribution in [0, 0.1) is 6.92 Å². The van der Waals surface area contributed by atoms with Gasteiger partial charge in [-0.2, -0.15) is 4.98 Å². The SMILES string of the molecule is Cc1cc(NCc2cccnc2)nc(Nc2cccc(N(C)C)c2)n1. The second-order valence-corrected chi connectivity index (χ2v) is 6.00. The molecule has 0 spiro atoms. The van der Waals surface area contributed by atoms with E-state index < -0.39 is 0 Å². The molecule has 3 rings (SSSR count). The number of rotatable bonds is 6. The van der Waals surface area contributed by atoms with E-state index in [0.717, 1.165) is 28.5 Å². The standard InChI is InChI=1S/C19H22N6/c1-14-10-18(21-13-15-6-5-9-20-12-15)24-19(22-14)23-16-7-4-8-17(11-16)25(2)3/h4-12H,13H2,1-3H3,(H2,21,22,23,24). The molecule has 6 heteroatoms. The Labute approximate surface area is 148 Å². The summed E-state index contributed by atoms with van der Waals surface area (Å²) in [4.78, 5) is 15.2. The molecular formula is C19H22N6. The van der Waals surface area contributed by atoms with Gasteiger partial charge in [-0.3, -0.25) is 4.98 Å². The fourth-order valence-electron chi connectivity index (χ4n) is 2.40. The monoisotopic (exact) mass is 334 g/mol. The van der Waals surface area contributed by atoms with Crippen LogP contribution in [0.4, 0.5) is 23.1 Å². The highest BCUT2D eigenvalue weighted by atomic mass is 15.1. The van der Waals surface area contributed by atoms with Crippen molar-refractivity contribution in [2.24, 2.45) is 0 Å². The summed E-state index contributed by atoms with van der Waals surface area (Å²) in [7, 11) is 4.03. The van der Waals surface area contributed by atoms with Crippen LogP contribution >= 0.6 is 0 Å². The van der Waals surface area contributed by atoms with Gasteiger partial charge in [0.15, 0.2) is 0 Å². The first-order valence-corrected chi connectivity index (χ1v) is 8.13. The molecule has 0 saturated heterocycles. The Morgan fingerprint density at radius 3 is 2.68 bits per heavy atom. The number of hydrogen-bond acceptors (Lipinski definition) is 6. The summed E-state index contributed by atoms with van der Waals surface area (Å²) in [5.74, 6) is 1.35. The van der Waals surface area contributed by atoms with Gasteiger partial charge in [-0.15, -0.1) is 0 Å². The van der Waals surface area contributed by atoms with E-state index in [1.54, 1.807) is 6.20 Å². The van der Waals surface area contributed by atoms with Gasteiger partial charge in [0.2, 0.25) is 5.95 Å². The molecule has 0 amide bonds. The Balaban J connectivity index is 1.74. The lowest BCUT2D eigenvalue weighted by Gasteiger charge is -2.14. The van der Waals surface area contributed by atoms with Gasteiger partial charge in [-0.1, -0.05) is 12.1 Å². The second kappa shape index (κ2) is 7.61. The number of pyridine rings is 1. The summed E-state index contributed by atoms with van der Waals surface area (Å²) < 4.78 is 0. The molecule has 0 unspecified atom stereocenters. The van der Waals surface area contributed by atoms with Crippen molar-refractivity contribution in [1.29, 1.82) is 0 Å². The Morgan fingerprint density at radius 2 is 1.92 bits per heavy atom. The van der Waals surface area contributed by atoms with Gasteiger partial charge in [0, 0.05) is 56.2 Å². The van der Waals surface area contributed by atoms with Gasteiger partial charge in [0.25, 0.3) is 0 Å². The van der Waals surface area contributed by atoms with Crippen LogP contribution in [0.3, 0.4) is 0 Å². The molecule has 0 aliphatic heterocycles. The molecule has 0 aliphatic carbocycles. The first kappa shape index (κ1) is 16.7. The number of hydrogen-bond donors (Lipinski definition) is 2. The lowest BCUT2D eigenvalue weighted by molar-refractivity contribution is 1.05. The predicted octanol–water partition coefficient (Wildman–Crippen LogP) is 3.60. The molecule has 25 heavy (non-hydrogen) atoms. The van der Waals surface area contributed by atoms with E-state index in [2.05, 4.69) is 42.6 Å². The summed E-state index contributed by atoms with van der Waals surface area (Å²) in [6.07, 6.45) is 3.61. The van der Waals surface area contributed by atoms with E-state index in [-0.39, 0.29) is 0 Å². The van der Waals surface area contributed by atoms with Crippen LogP contribution in [-0.2, 0) is 6.54 Å². The van der Waals surface area contributed by atoms with Crippen LogP contribution in [0.15, 0.2) is 54.9 Å². The number of anilines is 4. The molecule has 1 aromatic carbocycles. The number of aryl methyl sites for hydroxylation is 1. The van der Waals surface area contributed by atoms with E-state index >= 15 is 0 Å². The molecule has 0 saturated carbocycles. The van der Waals surface area contributed by atoms with Gasteiger partial charge in [-0.25, -0.2) is 4.98 Å². The molecule has 128 valence electrons. The summed E-state index contributed by atoms with van der Waals surface area (Å²) in [6.45, 7) is 2.62. The number of aromatic nitrogens is 3. The summed E-state index contributed by atoms with van der Waals surface area (Å²) in [6, 6.07) is 14.0. The largest absolute Gasteiger partial charge is 0.378 e. The maximum Gasteiger partial charge on any atom is 0.229 e. The minimum atomic E-state index is 0.574. The summed E-state index contributed by atoms with van der Waals surface area (Å²) >= 11 is 0. The van der Waals surface area contributed by atoms with Crippen LogP contribution in [0.1, 0.15) is 11.3 Å². The third-order valence-corrected chi connectivity index (χ3v) is 3.67. The van der Waals surface area contributed by atoms with Crippen LogP contribution in [-0.4, -0.2) is 29.0 Å². The highest BCUT2D eigenvalue weighted by Gasteiger charge is 2.04. The lowest BCUT2D eigenvalue weighted by Crippen LogP contribution is -2.09. The topological polar surface area (TPSA) is 66.0 Å². The number of benzene rings is 1. The van der Waals surface area contributed by atoms with Gasteiger partial charge in [0.05, 0.1) is 0 Å². The molecule has 6 nitrogen and oxygen atoms in total. The number of nitrogens with one attached hydrogen (secondary N) is 2. The molecule has 0 fully saturated rings. The summed E-state index contributed by atoms with van der Waals surface area (Å²) in [5, 5.41) is 6.60. The quantitative estimate of drug-likeness (QED) is 0.718. The van der Waals surface area contributed by atoms with Crippen molar-refractivity contribution in [3.05, 3.63) is 66.1 Å². The first-order valence-electron chi connectivity index (χ1n) is 8.13. The zero-order valence-corrected chi connectivity index (χ0v) is 14.7. The normalized spacial score (nSPS) is 10.4. The van der Waals surface area contributed by atoms with Crippen molar-refractivity contribution in [3.8, 4) is 0 Å². The van der Waals surface area contributed by atoms with E-state index in [1.807, 2.05) is 57.5 Å². The van der Waals surface area contributed by atoms with Gasteiger partial charge in [0.1, 0.15) is 5.82 Å².